The van der Waals surface area contributed by atoms with Gasteiger partial charge in [-0.15, -0.1) is 0 Å². The molecule has 0 aliphatic carbocycles. The zero-order valence-electron chi connectivity index (χ0n) is 34.0. The third kappa shape index (κ3) is 8.23. The SMILES string of the molecule is c1ccc(-c2cc(C(c3ccc(-c4ccccn4)cc3)C(c3ccc(-c4ccccn4)cc3)c3cc(-c4ccccc4)nc(-c4ccccc4)c3)cc(-c3ccccc3)n2)cc1. The highest BCUT2D eigenvalue weighted by molar-refractivity contribution is 5.72. The summed E-state index contributed by atoms with van der Waals surface area (Å²) in [6, 6.07) is 81.3. The smallest absolute Gasteiger partial charge is 0.0712 e. The van der Waals surface area contributed by atoms with Crippen molar-refractivity contribution in [3.05, 3.63) is 265 Å². The molecule has 0 aliphatic rings. The molecule has 0 N–H and O–H groups in total. The van der Waals surface area contributed by atoms with Crippen molar-refractivity contribution in [2.75, 3.05) is 0 Å². The topological polar surface area (TPSA) is 51.6 Å². The van der Waals surface area contributed by atoms with Crippen molar-refractivity contribution < 1.29 is 0 Å². The molecule has 4 heterocycles. The van der Waals surface area contributed by atoms with Crippen molar-refractivity contribution in [1.29, 1.82) is 0 Å². The molecule has 0 bridgehead atoms. The van der Waals surface area contributed by atoms with E-state index in [2.05, 4.69) is 206 Å². The van der Waals surface area contributed by atoms with Crippen LogP contribution in [0.25, 0.3) is 67.5 Å². The number of benzene rings is 6. The fraction of sp³-hybridized carbons (Fsp3) is 0.0345. The molecular formula is C58H42N4. The fourth-order valence-electron chi connectivity index (χ4n) is 8.43. The zero-order valence-corrected chi connectivity index (χ0v) is 34.0. The lowest BCUT2D eigenvalue weighted by Crippen LogP contribution is -2.16. The molecule has 10 aromatic rings. The molecule has 6 aromatic carbocycles. The summed E-state index contributed by atoms with van der Waals surface area (Å²) in [5.41, 5.74) is 16.6. The minimum absolute atomic E-state index is 0.170. The van der Waals surface area contributed by atoms with Crippen molar-refractivity contribution in [2.24, 2.45) is 0 Å². The van der Waals surface area contributed by atoms with Crippen LogP contribution >= 0.6 is 0 Å². The molecule has 0 radical (unpaired) electrons. The molecule has 0 amide bonds. The minimum Gasteiger partial charge on any atom is -0.256 e. The van der Waals surface area contributed by atoms with Crippen molar-refractivity contribution in [2.45, 2.75) is 11.8 Å². The maximum atomic E-state index is 5.34. The van der Waals surface area contributed by atoms with Gasteiger partial charge in [-0.3, -0.25) is 9.97 Å². The maximum absolute atomic E-state index is 5.34. The van der Waals surface area contributed by atoms with Gasteiger partial charge < -0.3 is 0 Å². The molecule has 0 fully saturated rings. The summed E-state index contributed by atoms with van der Waals surface area (Å²) >= 11 is 0. The first-order valence-electron chi connectivity index (χ1n) is 21.0. The second kappa shape index (κ2) is 17.6. The molecule has 0 aliphatic heterocycles. The van der Waals surface area contributed by atoms with Gasteiger partial charge in [0.25, 0.3) is 0 Å². The quantitative estimate of drug-likeness (QED) is 0.131. The monoisotopic (exact) mass is 794 g/mol. The minimum atomic E-state index is -0.170. The van der Waals surface area contributed by atoms with Crippen LogP contribution in [0.4, 0.5) is 0 Å². The van der Waals surface area contributed by atoms with Crippen molar-refractivity contribution >= 4 is 0 Å². The van der Waals surface area contributed by atoms with Gasteiger partial charge in [0, 0.05) is 57.6 Å². The van der Waals surface area contributed by atoms with Gasteiger partial charge in [-0.05, 0) is 70.8 Å². The fourth-order valence-corrected chi connectivity index (χ4v) is 8.43. The lowest BCUT2D eigenvalue weighted by molar-refractivity contribution is 0.693. The first-order chi connectivity index (χ1) is 30.7. The summed E-state index contributed by atoms with van der Waals surface area (Å²) in [5, 5.41) is 0. The predicted octanol–water partition coefficient (Wildman–Crippen LogP) is 14.2. The normalized spacial score (nSPS) is 12.1. The number of nitrogens with zero attached hydrogens (tertiary/aromatic N) is 4. The van der Waals surface area contributed by atoms with Crippen LogP contribution in [0.2, 0.25) is 0 Å². The first-order valence-corrected chi connectivity index (χ1v) is 21.0. The van der Waals surface area contributed by atoms with Gasteiger partial charge in [-0.2, -0.15) is 0 Å². The number of hydrogen-bond acceptors (Lipinski definition) is 4. The van der Waals surface area contributed by atoms with Gasteiger partial charge >= 0.3 is 0 Å². The van der Waals surface area contributed by atoms with Crippen LogP contribution in [-0.4, -0.2) is 19.9 Å². The lowest BCUT2D eigenvalue weighted by Gasteiger charge is -2.31. The van der Waals surface area contributed by atoms with Gasteiger partial charge in [0.05, 0.1) is 34.2 Å². The highest BCUT2D eigenvalue weighted by atomic mass is 14.7. The predicted molar refractivity (Wildman–Crippen MR) is 253 cm³/mol. The Labute approximate surface area is 363 Å². The molecule has 294 valence electrons. The van der Waals surface area contributed by atoms with Gasteiger partial charge in [-0.25, -0.2) is 9.97 Å². The molecule has 2 atom stereocenters. The molecule has 4 heteroatoms. The van der Waals surface area contributed by atoms with E-state index in [1.165, 1.54) is 11.1 Å². The molecule has 0 spiro atoms. The molecule has 10 rings (SSSR count). The first kappa shape index (κ1) is 38.1. The van der Waals surface area contributed by atoms with Gasteiger partial charge in [-0.1, -0.05) is 182 Å². The van der Waals surface area contributed by atoms with Crippen LogP contribution in [-0.2, 0) is 0 Å². The lowest BCUT2D eigenvalue weighted by atomic mass is 9.73. The Morgan fingerprint density at radius 1 is 0.226 bits per heavy atom. The Morgan fingerprint density at radius 2 is 0.500 bits per heavy atom. The van der Waals surface area contributed by atoms with E-state index in [0.717, 1.165) is 78.7 Å². The summed E-state index contributed by atoms with van der Waals surface area (Å²) in [6.07, 6.45) is 3.70. The van der Waals surface area contributed by atoms with E-state index in [9.17, 15) is 0 Å². The van der Waals surface area contributed by atoms with Crippen molar-refractivity contribution in [3.8, 4) is 67.5 Å². The molecule has 0 saturated carbocycles. The number of hydrogen-bond donors (Lipinski definition) is 0. The Balaban J connectivity index is 1.26. The number of aromatic nitrogens is 4. The van der Waals surface area contributed by atoms with E-state index in [1.807, 2.05) is 36.7 Å². The van der Waals surface area contributed by atoms with E-state index in [0.29, 0.717) is 0 Å². The third-order valence-electron chi connectivity index (χ3n) is 11.5. The second-order valence-electron chi connectivity index (χ2n) is 15.4. The van der Waals surface area contributed by atoms with E-state index in [1.54, 1.807) is 0 Å². The zero-order chi connectivity index (χ0) is 41.5. The number of pyridine rings is 4. The summed E-state index contributed by atoms with van der Waals surface area (Å²) in [4.78, 5) is 20.1. The summed E-state index contributed by atoms with van der Waals surface area (Å²) in [7, 11) is 0. The van der Waals surface area contributed by atoms with Crippen LogP contribution < -0.4 is 0 Å². The van der Waals surface area contributed by atoms with Crippen LogP contribution in [0.3, 0.4) is 0 Å². The molecule has 0 saturated heterocycles. The highest BCUT2D eigenvalue weighted by Gasteiger charge is 2.31. The second-order valence-corrected chi connectivity index (χ2v) is 15.4. The van der Waals surface area contributed by atoms with E-state index in [4.69, 9.17) is 19.9 Å². The van der Waals surface area contributed by atoms with E-state index >= 15 is 0 Å². The number of rotatable bonds is 11. The molecule has 4 aromatic heterocycles. The standard InChI is InChI=1S/C58H42N4/c1-5-17-41(18-6-1)53-37-49(38-54(61-53)42-19-7-2-8-20-42)57(47-31-27-45(28-32-47)51-25-13-15-35-59-51)58(48-33-29-46(30-34-48)52-26-14-16-36-60-52)50-39-55(43-21-9-3-10-22-43)62-56(40-50)44-23-11-4-12-24-44/h1-40,57-58H. The molecule has 2 unspecified atom stereocenters. The summed E-state index contributed by atoms with van der Waals surface area (Å²) < 4.78 is 0. The molecular weight excluding hydrogens is 753 g/mol. The maximum Gasteiger partial charge on any atom is 0.0712 e. The average Bonchev–Trinajstić information content (AvgIpc) is 3.37. The van der Waals surface area contributed by atoms with E-state index in [-0.39, 0.29) is 11.8 Å². The summed E-state index contributed by atoms with van der Waals surface area (Å²) in [6.45, 7) is 0. The van der Waals surface area contributed by atoms with Crippen LogP contribution in [0.1, 0.15) is 34.1 Å². The average molecular weight is 795 g/mol. The van der Waals surface area contributed by atoms with Gasteiger partial charge in [0.15, 0.2) is 0 Å². The van der Waals surface area contributed by atoms with Gasteiger partial charge in [0.1, 0.15) is 0 Å². The van der Waals surface area contributed by atoms with Crippen molar-refractivity contribution in [3.63, 3.8) is 0 Å². The van der Waals surface area contributed by atoms with Crippen molar-refractivity contribution in [1.82, 2.24) is 19.9 Å². The largest absolute Gasteiger partial charge is 0.256 e. The summed E-state index contributed by atoms with van der Waals surface area (Å²) in [5.74, 6) is -0.341. The Kier molecular flexibility index (Phi) is 10.9. The Bertz CT molecular complexity index is 2690. The Morgan fingerprint density at radius 3 is 0.774 bits per heavy atom. The third-order valence-corrected chi connectivity index (χ3v) is 11.5. The molecule has 62 heavy (non-hydrogen) atoms. The Hall–Kier alpha value is -8.08. The molecule has 4 nitrogen and oxygen atoms in total. The van der Waals surface area contributed by atoms with E-state index < -0.39 is 0 Å². The van der Waals surface area contributed by atoms with Crippen LogP contribution in [0.5, 0.6) is 0 Å². The van der Waals surface area contributed by atoms with Crippen LogP contribution in [0.15, 0.2) is 243 Å². The highest BCUT2D eigenvalue weighted by Crippen LogP contribution is 2.46. The van der Waals surface area contributed by atoms with Crippen LogP contribution in [0, 0.1) is 0 Å². The van der Waals surface area contributed by atoms with Gasteiger partial charge in [0.2, 0.25) is 0 Å².